The summed E-state index contributed by atoms with van der Waals surface area (Å²) in [4.78, 5) is 10.5. The molecule has 1 fully saturated rings. The summed E-state index contributed by atoms with van der Waals surface area (Å²) in [6, 6.07) is 0. The molecule has 0 aliphatic carbocycles. The van der Waals surface area contributed by atoms with Crippen molar-refractivity contribution in [2.75, 3.05) is 7.11 Å². The van der Waals surface area contributed by atoms with Crippen molar-refractivity contribution in [2.45, 2.75) is 12.8 Å². The Hall–Kier alpha value is -0.990. The lowest BCUT2D eigenvalue weighted by Gasteiger charge is -1.93. The van der Waals surface area contributed by atoms with Crippen LogP contribution in [0.15, 0.2) is 12.0 Å². The highest BCUT2D eigenvalue weighted by Crippen LogP contribution is 2.08. The standard InChI is InChI=1S/C6H9NO2/c1-9-4-5-2-3-6(8)7-5/h4H,2-3H2,1H3,(H,7,8)/b5-4+. The van der Waals surface area contributed by atoms with Gasteiger partial charge in [0.2, 0.25) is 5.91 Å². The van der Waals surface area contributed by atoms with Crippen LogP contribution in [0, 0.1) is 0 Å². The third-order valence-electron chi connectivity index (χ3n) is 1.18. The van der Waals surface area contributed by atoms with E-state index in [1.807, 2.05) is 0 Å². The van der Waals surface area contributed by atoms with Gasteiger partial charge >= 0.3 is 0 Å². The molecular weight excluding hydrogens is 118 g/mol. The summed E-state index contributed by atoms with van der Waals surface area (Å²) in [5.41, 5.74) is 0.877. The van der Waals surface area contributed by atoms with Crippen LogP contribution in [0.25, 0.3) is 0 Å². The van der Waals surface area contributed by atoms with Crippen LogP contribution in [0.2, 0.25) is 0 Å². The van der Waals surface area contributed by atoms with E-state index < -0.39 is 0 Å². The molecule has 1 aliphatic rings. The molecule has 1 saturated heterocycles. The number of ether oxygens (including phenoxy) is 1. The Labute approximate surface area is 53.7 Å². The first-order valence-corrected chi connectivity index (χ1v) is 2.84. The zero-order chi connectivity index (χ0) is 6.69. The summed E-state index contributed by atoms with van der Waals surface area (Å²) < 4.78 is 4.70. The van der Waals surface area contributed by atoms with Crippen LogP contribution < -0.4 is 5.32 Å². The number of rotatable bonds is 1. The minimum absolute atomic E-state index is 0.0818. The third kappa shape index (κ3) is 1.45. The molecule has 0 saturated carbocycles. The Bertz CT molecular complexity index is 151. The van der Waals surface area contributed by atoms with E-state index in [-0.39, 0.29) is 5.91 Å². The molecule has 1 rings (SSSR count). The lowest BCUT2D eigenvalue weighted by atomic mass is 10.3. The molecule has 3 heteroatoms. The van der Waals surface area contributed by atoms with Crippen molar-refractivity contribution in [3.8, 4) is 0 Å². The van der Waals surface area contributed by atoms with Gasteiger partial charge in [-0.1, -0.05) is 0 Å². The largest absolute Gasteiger partial charge is 0.503 e. The highest BCUT2D eigenvalue weighted by Gasteiger charge is 2.13. The molecular formula is C6H9NO2. The molecule has 1 aliphatic heterocycles. The first kappa shape index (κ1) is 6.13. The van der Waals surface area contributed by atoms with Crippen LogP contribution in [0.4, 0.5) is 0 Å². The lowest BCUT2D eigenvalue weighted by molar-refractivity contribution is -0.118. The van der Waals surface area contributed by atoms with Gasteiger partial charge in [0.25, 0.3) is 0 Å². The number of hydrogen-bond acceptors (Lipinski definition) is 2. The fourth-order valence-corrected chi connectivity index (χ4v) is 0.783. The van der Waals surface area contributed by atoms with Gasteiger partial charge < -0.3 is 10.1 Å². The van der Waals surface area contributed by atoms with Gasteiger partial charge in [-0.3, -0.25) is 4.79 Å². The van der Waals surface area contributed by atoms with E-state index in [0.717, 1.165) is 12.1 Å². The van der Waals surface area contributed by atoms with Gasteiger partial charge in [-0.15, -0.1) is 0 Å². The monoisotopic (exact) mass is 127 g/mol. The van der Waals surface area contributed by atoms with Crippen molar-refractivity contribution in [3.63, 3.8) is 0 Å². The highest BCUT2D eigenvalue weighted by molar-refractivity contribution is 5.80. The smallest absolute Gasteiger partial charge is 0.224 e. The quantitative estimate of drug-likeness (QED) is 0.517. The zero-order valence-corrected chi connectivity index (χ0v) is 5.31. The first-order valence-electron chi connectivity index (χ1n) is 2.84. The fraction of sp³-hybridized carbons (Fsp3) is 0.500. The van der Waals surface area contributed by atoms with Gasteiger partial charge in [-0.25, -0.2) is 0 Å². The van der Waals surface area contributed by atoms with E-state index in [0.29, 0.717) is 6.42 Å². The fourth-order valence-electron chi connectivity index (χ4n) is 0.783. The van der Waals surface area contributed by atoms with E-state index in [9.17, 15) is 4.79 Å². The maximum Gasteiger partial charge on any atom is 0.224 e. The SMILES string of the molecule is CO/C=C1\CCC(=O)N1. The zero-order valence-electron chi connectivity index (χ0n) is 5.31. The highest BCUT2D eigenvalue weighted by atomic mass is 16.5. The van der Waals surface area contributed by atoms with Crippen LogP contribution >= 0.6 is 0 Å². The minimum Gasteiger partial charge on any atom is -0.503 e. The molecule has 0 radical (unpaired) electrons. The Morgan fingerprint density at radius 1 is 1.67 bits per heavy atom. The van der Waals surface area contributed by atoms with E-state index in [2.05, 4.69) is 5.32 Å². The summed E-state index contributed by atoms with van der Waals surface area (Å²) in [5, 5.41) is 2.65. The normalized spacial score (nSPS) is 22.3. The van der Waals surface area contributed by atoms with Gasteiger partial charge in [-0.2, -0.15) is 0 Å². The van der Waals surface area contributed by atoms with Gasteiger partial charge in [0.15, 0.2) is 0 Å². The van der Waals surface area contributed by atoms with Gasteiger partial charge in [-0.05, 0) is 6.42 Å². The molecule has 1 heterocycles. The summed E-state index contributed by atoms with van der Waals surface area (Å²) in [6.07, 6.45) is 2.94. The molecule has 50 valence electrons. The lowest BCUT2D eigenvalue weighted by Crippen LogP contribution is -2.11. The number of allylic oxidation sites excluding steroid dienone is 1. The Kier molecular flexibility index (Phi) is 1.72. The predicted octanol–water partition coefficient (Wildman–Crippen LogP) is 0.384. The van der Waals surface area contributed by atoms with Crippen LogP contribution in [0.1, 0.15) is 12.8 Å². The van der Waals surface area contributed by atoms with E-state index in [4.69, 9.17) is 4.74 Å². The van der Waals surface area contributed by atoms with Crippen LogP contribution in [-0.4, -0.2) is 13.0 Å². The number of nitrogens with one attached hydrogen (secondary N) is 1. The predicted molar refractivity (Wildman–Crippen MR) is 32.5 cm³/mol. The Morgan fingerprint density at radius 3 is 2.89 bits per heavy atom. The van der Waals surface area contributed by atoms with Crippen molar-refractivity contribution in [3.05, 3.63) is 12.0 Å². The van der Waals surface area contributed by atoms with E-state index in [1.54, 1.807) is 13.4 Å². The molecule has 0 bridgehead atoms. The molecule has 0 atom stereocenters. The second-order valence-corrected chi connectivity index (χ2v) is 1.93. The Morgan fingerprint density at radius 2 is 2.44 bits per heavy atom. The topological polar surface area (TPSA) is 38.3 Å². The van der Waals surface area contributed by atoms with E-state index >= 15 is 0 Å². The molecule has 0 aromatic heterocycles. The Balaban J connectivity index is 2.47. The molecule has 0 aromatic rings. The first-order chi connectivity index (χ1) is 4.33. The average molecular weight is 127 g/mol. The summed E-state index contributed by atoms with van der Waals surface area (Å²) in [7, 11) is 1.57. The number of carbonyl (C=O) groups excluding carboxylic acids is 1. The molecule has 1 N–H and O–H groups in total. The number of carbonyl (C=O) groups is 1. The second kappa shape index (κ2) is 2.53. The minimum atomic E-state index is 0.0818. The molecule has 3 nitrogen and oxygen atoms in total. The number of hydrogen-bond donors (Lipinski definition) is 1. The van der Waals surface area contributed by atoms with E-state index in [1.165, 1.54) is 0 Å². The van der Waals surface area contributed by atoms with Crippen molar-refractivity contribution in [1.29, 1.82) is 0 Å². The summed E-state index contributed by atoms with van der Waals surface area (Å²) >= 11 is 0. The van der Waals surface area contributed by atoms with Crippen LogP contribution in [-0.2, 0) is 9.53 Å². The molecule has 9 heavy (non-hydrogen) atoms. The second-order valence-electron chi connectivity index (χ2n) is 1.93. The van der Waals surface area contributed by atoms with Gasteiger partial charge in [0, 0.05) is 6.42 Å². The number of methoxy groups -OCH3 is 1. The molecule has 0 unspecified atom stereocenters. The van der Waals surface area contributed by atoms with Crippen LogP contribution in [0.5, 0.6) is 0 Å². The molecule has 0 aromatic carbocycles. The van der Waals surface area contributed by atoms with Crippen molar-refractivity contribution in [2.24, 2.45) is 0 Å². The van der Waals surface area contributed by atoms with Crippen molar-refractivity contribution < 1.29 is 9.53 Å². The van der Waals surface area contributed by atoms with Gasteiger partial charge in [0.1, 0.15) is 6.26 Å². The maximum absolute atomic E-state index is 10.5. The van der Waals surface area contributed by atoms with Crippen molar-refractivity contribution >= 4 is 5.91 Å². The van der Waals surface area contributed by atoms with Crippen molar-refractivity contribution in [1.82, 2.24) is 5.32 Å². The van der Waals surface area contributed by atoms with Crippen LogP contribution in [0.3, 0.4) is 0 Å². The summed E-state index contributed by atoms with van der Waals surface area (Å²) in [5.74, 6) is 0.0818. The van der Waals surface area contributed by atoms with Gasteiger partial charge in [0.05, 0.1) is 12.8 Å². The molecule has 1 amide bonds. The molecule has 0 spiro atoms. The maximum atomic E-state index is 10.5. The number of amides is 1. The average Bonchev–Trinajstić information content (AvgIpc) is 2.17. The summed E-state index contributed by atoms with van der Waals surface area (Å²) in [6.45, 7) is 0. The third-order valence-corrected chi connectivity index (χ3v) is 1.18.